The number of carboxylic acids is 1. The van der Waals surface area contributed by atoms with Gasteiger partial charge in [0.2, 0.25) is 0 Å². The van der Waals surface area contributed by atoms with Crippen LogP contribution in [0.5, 0.6) is 0 Å². The van der Waals surface area contributed by atoms with E-state index in [1.807, 2.05) is 19.0 Å². The highest BCUT2D eigenvalue weighted by Gasteiger charge is 2.33. The molecule has 6 heteroatoms. The lowest BCUT2D eigenvalue weighted by molar-refractivity contribution is 0.0698. The zero-order chi connectivity index (χ0) is 15.0. The second-order valence-corrected chi connectivity index (χ2v) is 5.57. The number of nitrogen functional groups attached to an aromatic ring is 1. The second kappa shape index (κ2) is 5.28. The van der Waals surface area contributed by atoms with Crippen molar-refractivity contribution in [3.05, 3.63) is 23.5 Å². The van der Waals surface area contributed by atoms with Crippen LogP contribution in [-0.4, -0.2) is 49.2 Å². The standard InChI is InChI=1S/C14H20FN3O2/c1-8-6-18(7-11(8)17(2)3)10-5-4-9(15)13(16)12(10)14(19)20/h4-5,8,11H,6-7,16H2,1-3H3,(H,19,20). The number of carboxylic acid groups (broad SMARTS) is 1. The van der Waals surface area contributed by atoms with E-state index in [2.05, 4.69) is 11.8 Å². The van der Waals surface area contributed by atoms with Crippen molar-refractivity contribution >= 4 is 17.3 Å². The summed E-state index contributed by atoms with van der Waals surface area (Å²) < 4.78 is 13.5. The topological polar surface area (TPSA) is 69.8 Å². The molecular weight excluding hydrogens is 261 g/mol. The highest BCUT2D eigenvalue weighted by Crippen LogP contribution is 2.32. The lowest BCUT2D eigenvalue weighted by Crippen LogP contribution is -2.34. The van der Waals surface area contributed by atoms with Crippen molar-refractivity contribution in [3.8, 4) is 0 Å². The van der Waals surface area contributed by atoms with Gasteiger partial charge in [0.25, 0.3) is 0 Å². The molecule has 1 heterocycles. The molecule has 0 aliphatic carbocycles. The Balaban J connectivity index is 2.40. The summed E-state index contributed by atoms with van der Waals surface area (Å²) in [6.07, 6.45) is 0. The van der Waals surface area contributed by atoms with E-state index in [0.29, 0.717) is 24.2 Å². The van der Waals surface area contributed by atoms with Crippen LogP contribution in [0.2, 0.25) is 0 Å². The van der Waals surface area contributed by atoms with Crippen molar-refractivity contribution < 1.29 is 14.3 Å². The largest absolute Gasteiger partial charge is 0.478 e. The minimum Gasteiger partial charge on any atom is -0.478 e. The summed E-state index contributed by atoms with van der Waals surface area (Å²) in [6.45, 7) is 3.56. The van der Waals surface area contributed by atoms with Gasteiger partial charge in [-0.2, -0.15) is 0 Å². The Morgan fingerprint density at radius 2 is 2.10 bits per heavy atom. The molecule has 0 amide bonds. The predicted octanol–water partition coefficient (Wildman–Crippen LogP) is 1.49. The molecule has 1 aliphatic rings. The number of likely N-dealkylation sites (N-methyl/N-ethyl adjacent to an activating group) is 1. The number of hydrogen-bond acceptors (Lipinski definition) is 4. The molecule has 0 saturated carbocycles. The number of aromatic carboxylic acids is 1. The average Bonchev–Trinajstić information content (AvgIpc) is 2.74. The molecule has 2 rings (SSSR count). The Labute approximate surface area is 117 Å². The van der Waals surface area contributed by atoms with Crippen LogP contribution < -0.4 is 10.6 Å². The van der Waals surface area contributed by atoms with E-state index in [-0.39, 0.29) is 11.3 Å². The number of halogens is 1. The highest BCUT2D eigenvalue weighted by atomic mass is 19.1. The first kappa shape index (κ1) is 14.6. The third kappa shape index (κ3) is 2.43. The van der Waals surface area contributed by atoms with Crippen LogP contribution in [0.3, 0.4) is 0 Å². The van der Waals surface area contributed by atoms with Crippen molar-refractivity contribution in [2.75, 3.05) is 37.8 Å². The van der Waals surface area contributed by atoms with E-state index < -0.39 is 11.8 Å². The van der Waals surface area contributed by atoms with Crippen molar-refractivity contribution in [3.63, 3.8) is 0 Å². The molecule has 0 bridgehead atoms. The number of carbonyl (C=O) groups is 1. The third-order valence-corrected chi connectivity index (χ3v) is 3.96. The van der Waals surface area contributed by atoms with Crippen molar-refractivity contribution in [1.29, 1.82) is 0 Å². The van der Waals surface area contributed by atoms with Gasteiger partial charge >= 0.3 is 5.97 Å². The summed E-state index contributed by atoms with van der Waals surface area (Å²) >= 11 is 0. The van der Waals surface area contributed by atoms with Gasteiger partial charge in [-0.3, -0.25) is 0 Å². The van der Waals surface area contributed by atoms with E-state index in [1.54, 1.807) is 0 Å². The van der Waals surface area contributed by atoms with Crippen LogP contribution in [0.25, 0.3) is 0 Å². The Morgan fingerprint density at radius 3 is 2.60 bits per heavy atom. The summed E-state index contributed by atoms with van der Waals surface area (Å²) in [5.41, 5.74) is 5.64. The van der Waals surface area contributed by atoms with Gasteiger partial charge in [0.1, 0.15) is 11.4 Å². The maximum Gasteiger partial charge on any atom is 0.340 e. The van der Waals surface area contributed by atoms with Gasteiger partial charge in [-0.15, -0.1) is 0 Å². The molecule has 0 aromatic heterocycles. The first-order chi connectivity index (χ1) is 9.32. The first-order valence-corrected chi connectivity index (χ1v) is 6.55. The predicted molar refractivity (Wildman–Crippen MR) is 76.6 cm³/mol. The van der Waals surface area contributed by atoms with Gasteiger partial charge in [-0.05, 0) is 32.1 Å². The Hall–Kier alpha value is -1.82. The van der Waals surface area contributed by atoms with Crippen LogP contribution in [0.1, 0.15) is 17.3 Å². The zero-order valence-corrected chi connectivity index (χ0v) is 11.9. The second-order valence-electron chi connectivity index (χ2n) is 5.57. The molecule has 1 aromatic rings. The number of nitrogens with zero attached hydrogens (tertiary/aromatic N) is 2. The molecule has 110 valence electrons. The van der Waals surface area contributed by atoms with E-state index in [0.717, 1.165) is 6.54 Å². The molecule has 0 radical (unpaired) electrons. The van der Waals surface area contributed by atoms with Crippen molar-refractivity contribution in [2.45, 2.75) is 13.0 Å². The maximum absolute atomic E-state index is 13.5. The van der Waals surface area contributed by atoms with Crippen LogP contribution >= 0.6 is 0 Å². The molecular formula is C14H20FN3O2. The molecule has 1 aliphatic heterocycles. The van der Waals surface area contributed by atoms with Gasteiger partial charge in [0.05, 0.1) is 11.4 Å². The fourth-order valence-electron chi connectivity index (χ4n) is 2.89. The van der Waals surface area contributed by atoms with Crippen molar-refractivity contribution in [1.82, 2.24) is 4.90 Å². The highest BCUT2D eigenvalue weighted by molar-refractivity contribution is 6.00. The molecule has 5 nitrogen and oxygen atoms in total. The normalized spacial score (nSPS) is 22.6. The SMILES string of the molecule is CC1CN(c2ccc(F)c(N)c2C(=O)O)CC1N(C)C. The number of benzene rings is 1. The molecule has 3 N–H and O–H groups in total. The molecule has 0 spiro atoms. The van der Waals surface area contributed by atoms with E-state index >= 15 is 0 Å². The number of rotatable bonds is 3. The molecule has 1 aromatic carbocycles. The maximum atomic E-state index is 13.5. The van der Waals surface area contributed by atoms with E-state index in [1.165, 1.54) is 12.1 Å². The summed E-state index contributed by atoms with van der Waals surface area (Å²) in [7, 11) is 4.00. The number of nitrogens with two attached hydrogens (primary N) is 1. The molecule has 20 heavy (non-hydrogen) atoms. The molecule has 1 saturated heterocycles. The van der Waals surface area contributed by atoms with Crippen LogP contribution in [0.15, 0.2) is 12.1 Å². The Kier molecular flexibility index (Phi) is 3.85. The Bertz CT molecular complexity index is 533. The lowest BCUT2D eigenvalue weighted by atomic mass is 10.1. The average molecular weight is 281 g/mol. The minimum atomic E-state index is -1.20. The summed E-state index contributed by atoms with van der Waals surface area (Å²) in [6, 6.07) is 3.06. The van der Waals surface area contributed by atoms with Gasteiger partial charge in [0.15, 0.2) is 0 Å². The van der Waals surface area contributed by atoms with Crippen LogP contribution in [0.4, 0.5) is 15.8 Å². The molecule has 1 fully saturated rings. The fourth-order valence-corrected chi connectivity index (χ4v) is 2.89. The summed E-state index contributed by atoms with van der Waals surface area (Å²) in [5.74, 6) is -1.49. The van der Waals surface area contributed by atoms with Crippen LogP contribution in [-0.2, 0) is 0 Å². The van der Waals surface area contributed by atoms with Gasteiger partial charge in [-0.1, -0.05) is 6.92 Å². The van der Waals surface area contributed by atoms with Crippen molar-refractivity contribution in [2.24, 2.45) is 5.92 Å². The van der Waals surface area contributed by atoms with Gasteiger partial charge in [-0.25, -0.2) is 9.18 Å². The van der Waals surface area contributed by atoms with E-state index in [9.17, 15) is 14.3 Å². The third-order valence-electron chi connectivity index (χ3n) is 3.96. The molecule has 2 unspecified atom stereocenters. The fraction of sp³-hybridized carbons (Fsp3) is 0.500. The summed E-state index contributed by atoms with van der Waals surface area (Å²) in [5, 5.41) is 9.29. The first-order valence-electron chi connectivity index (χ1n) is 6.55. The molecule has 2 atom stereocenters. The van der Waals surface area contributed by atoms with Gasteiger partial charge < -0.3 is 20.6 Å². The van der Waals surface area contributed by atoms with Gasteiger partial charge in [0, 0.05) is 19.1 Å². The lowest BCUT2D eigenvalue weighted by Gasteiger charge is -2.24. The smallest absolute Gasteiger partial charge is 0.340 e. The summed E-state index contributed by atoms with van der Waals surface area (Å²) in [4.78, 5) is 15.5. The number of hydrogen-bond donors (Lipinski definition) is 2. The monoisotopic (exact) mass is 281 g/mol. The quantitative estimate of drug-likeness (QED) is 0.822. The van der Waals surface area contributed by atoms with Crippen LogP contribution in [0, 0.1) is 11.7 Å². The van der Waals surface area contributed by atoms with E-state index in [4.69, 9.17) is 5.73 Å². The Morgan fingerprint density at radius 1 is 1.45 bits per heavy atom. The zero-order valence-electron chi connectivity index (χ0n) is 11.9. The minimum absolute atomic E-state index is 0.142. The number of anilines is 2.